The van der Waals surface area contributed by atoms with E-state index in [0.29, 0.717) is 6.42 Å². The molecule has 0 fully saturated rings. The zero-order valence-corrected chi connectivity index (χ0v) is 17.7. The number of ether oxygens (including phenoxy) is 1. The van der Waals surface area contributed by atoms with Crippen molar-refractivity contribution in [2.24, 2.45) is 0 Å². The summed E-state index contributed by atoms with van der Waals surface area (Å²) in [6.07, 6.45) is 17.4. The third kappa shape index (κ3) is 21.3. The van der Waals surface area contributed by atoms with Gasteiger partial charge < -0.3 is 25.9 Å². The molecule has 0 aliphatic rings. The number of unbranched alkanes of at least 4 members (excludes halogenated alkanes) is 14. The van der Waals surface area contributed by atoms with Crippen LogP contribution in [0.4, 0.5) is 0 Å². The van der Waals surface area contributed by atoms with Crippen LogP contribution >= 0.6 is 0 Å². The molecule has 0 rings (SSSR count). The molecule has 0 aliphatic heterocycles. The lowest BCUT2D eigenvalue weighted by molar-refractivity contribution is -0.167. The van der Waals surface area contributed by atoms with E-state index in [4.69, 9.17) is 10.2 Å². The summed E-state index contributed by atoms with van der Waals surface area (Å²) in [5.41, 5.74) is 0. The summed E-state index contributed by atoms with van der Waals surface area (Å²) in [5, 5.41) is 17.6. The van der Waals surface area contributed by atoms with Crippen LogP contribution in [0.5, 0.6) is 0 Å². The summed E-state index contributed by atoms with van der Waals surface area (Å²) in [5.74, 6) is -1.70. The van der Waals surface area contributed by atoms with Crippen LogP contribution in [0.25, 0.3) is 0 Å². The fourth-order valence-corrected chi connectivity index (χ4v) is 2.95. The van der Waals surface area contributed by atoms with Gasteiger partial charge in [0.05, 0.1) is 6.61 Å². The van der Waals surface area contributed by atoms with Crippen molar-refractivity contribution in [3.63, 3.8) is 0 Å². The Kier molecular flexibility index (Phi) is 27.2. The van der Waals surface area contributed by atoms with Crippen molar-refractivity contribution in [3.8, 4) is 0 Å². The maximum absolute atomic E-state index is 11.4. The highest BCUT2D eigenvalue weighted by Gasteiger charge is 2.18. The number of aliphatic hydroxyl groups excluding tert-OH is 2. The van der Waals surface area contributed by atoms with E-state index in [9.17, 15) is 9.59 Å². The van der Waals surface area contributed by atoms with E-state index in [1.165, 1.54) is 77.0 Å². The number of hydrogen-bond acceptors (Lipinski definition) is 5. The number of esters is 2. The molecule has 0 bridgehead atoms. The summed E-state index contributed by atoms with van der Waals surface area (Å²) in [7, 11) is 0. The fourth-order valence-electron chi connectivity index (χ4n) is 2.95. The topological polar surface area (TPSA) is 147 Å². The van der Waals surface area contributed by atoms with Crippen LogP contribution in [0.2, 0.25) is 0 Å². The largest absolute Gasteiger partial charge is 0.412 e. The standard InChI is InChI=1S/C21H40O5.2H2O/c1-2-3-4-5-6-7-8-9-10-11-12-13-14-15-16-17-20(24)26-21(25)19(23)18-22;;/h19,22-23H,2-18H2,1H3;2*1H2. The average Bonchev–Trinajstić information content (AvgIpc) is 2.64. The third-order valence-electron chi connectivity index (χ3n) is 4.64. The second kappa shape index (κ2) is 24.0. The first kappa shape index (κ1) is 31.7. The molecule has 28 heavy (non-hydrogen) atoms. The van der Waals surface area contributed by atoms with Crippen LogP contribution in [0.15, 0.2) is 0 Å². The van der Waals surface area contributed by atoms with Crippen molar-refractivity contribution in [3.05, 3.63) is 0 Å². The highest BCUT2D eigenvalue weighted by atomic mass is 16.6. The monoisotopic (exact) mass is 408 g/mol. The van der Waals surface area contributed by atoms with Crippen LogP contribution in [-0.4, -0.2) is 45.8 Å². The second-order valence-electron chi connectivity index (χ2n) is 7.19. The molecule has 1 atom stereocenters. The van der Waals surface area contributed by atoms with E-state index >= 15 is 0 Å². The SMILES string of the molecule is CCCCCCCCCCCCCCCCCC(=O)OC(=O)C(O)CO.O.O. The fraction of sp³-hybridized carbons (Fsp3) is 0.905. The van der Waals surface area contributed by atoms with Crippen molar-refractivity contribution in [1.29, 1.82) is 0 Å². The molecule has 0 aromatic rings. The molecule has 0 saturated carbocycles. The Balaban J connectivity index is -0.00000312. The van der Waals surface area contributed by atoms with E-state index in [1.807, 2.05) is 0 Å². The maximum atomic E-state index is 11.4. The Morgan fingerprint density at radius 3 is 1.43 bits per heavy atom. The van der Waals surface area contributed by atoms with Gasteiger partial charge in [-0.3, -0.25) is 4.79 Å². The van der Waals surface area contributed by atoms with Crippen molar-refractivity contribution in [1.82, 2.24) is 0 Å². The summed E-state index contributed by atoms with van der Waals surface area (Å²) in [4.78, 5) is 22.5. The van der Waals surface area contributed by atoms with Gasteiger partial charge in [-0.1, -0.05) is 96.8 Å². The first-order chi connectivity index (χ1) is 12.6. The van der Waals surface area contributed by atoms with Gasteiger partial charge in [0.2, 0.25) is 0 Å². The van der Waals surface area contributed by atoms with Crippen molar-refractivity contribution in [2.45, 2.75) is 116 Å². The van der Waals surface area contributed by atoms with E-state index in [0.717, 1.165) is 12.8 Å². The normalized spacial score (nSPS) is 11.2. The number of hydrogen-bond donors (Lipinski definition) is 2. The van der Waals surface area contributed by atoms with Crippen LogP contribution < -0.4 is 0 Å². The number of carbonyl (C=O) groups excluding carboxylic acids is 2. The van der Waals surface area contributed by atoms with Gasteiger partial charge >= 0.3 is 11.9 Å². The van der Waals surface area contributed by atoms with Crippen LogP contribution in [0, 0.1) is 0 Å². The predicted molar refractivity (Wildman–Crippen MR) is 111 cm³/mol. The van der Waals surface area contributed by atoms with Crippen LogP contribution in [0.3, 0.4) is 0 Å². The molecule has 0 amide bonds. The lowest BCUT2D eigenvalue weighted by Gasteiger charge is -2.06. The minimum atomic E-state index is -1.62. The van der Waals surface area contributed by atoms with Gasteiger partial charge in [0.15, 0.2) is 6.10 Å². The van der Waals surface area contributed by atoms with Crippen molar-refractivity contribution >= 4 is 11.9 Å². The van der Waals surface area contributed by atoms with Crippen LogP contribution in [0.1, 0.15) is 110 Å². The highest BCUT2D eigenvalue weighted by Crippen LogP contribution is 2.13. The van der Waals surface area contributed by atoms with Gasteiger partial charge in [-0.15, -0.1) is 0 Å². The first-order valence-electron chi connectivity index (χ1n) is 10.6. The predicted octanol–water partition coefficient (Wildman–Crippen LogP) is 3.02. The summed E-state index contributed by atoms with van der Waals surface area (Å²) in [6.45, 7) is 1.52. The quantitative estimate of drug-likeness (QED) is 0.203. The van der Waals surface area contributed by atoms with Crippen LogP contribution in [-0.2, 0) is 14.3 Å². The van der Waals surface area contributed by atoms with E-state index < -0.39 is 24.6 Å². The molecular formula is C21H44O7. The Bertz CT molecular complexity index is 348. The number of aliphatic hydroxyl groups is 2. The van der Waals surface area contributed by atoms with E-state index in [1.54, 1.807) is 0 Å². The average molecular weight is 409 g/mol. The molecule has 0 aliphatic carbocycles. The second-order valence-corrected chi connectivity index (χ2v) is 7.19. The Morgan fingerprint density at radius 1 is 0.714 bits per heavy atom. The van der Waals surface area contributed by atoms with Gasteiger partial charge in [0, 0.05) is 6.42 Å². The van der Waals surface area contributed by atoms with Gasteiger partial charge in [0.25, 0.3) is 0 Å². The molecule has 0 spiro atoms. The first-order valence-corrected chi connectivity index (χ1v) is 10.6. The third-order valence-corrected chi connectivity index (χ3v) is 4.64. The van der Waals surface area contributed by atoms with Crippen molar-refractivity contribution in [2.75, 3.05) is 6.61 Å². The maximum Gasteiger partial charge on any atom is 0.345 e. The molecular weight excluding hydrogens is 364 g/mol. The molecule has 0 heterocycles. The summed E-state index contributed by atoms with van der Waals surface area (Å²) < 4.78 is 4.43. The van der Waals surface area contributed by atoms with Gasteiger partial charge in [-0.2, -0.15) is 0 Å². The number of carbonyl (C=O) groups is 2. The van der Waals surface area contributed by atoms with Crippen molar-refractivity contribution < 1.29 is 35.5 Å². The molecule has 7 nitrogen and oxygen atoms in total. The van der Waals surface area contributed by atoms with Gasteiger partial charge in [-0.25, -0.2) is 4.79 Å². The van der Waals surface area contributed by atoms with Gasteiger partial charge in [0.1, 0.15) is 0 Å². The lowest BCUT2D eigenvalue weighted by atomic mass is 10.0. The number of rotatable bonds is 18. The molecule has 1 unspecified atom stereocenters. The zero-order chi connectivity index (χ0) is 19.5. The van der Waals surface area contributed by atoms with E-state index in [2.05, 4.69) is 11.7 Å². The molecule has 0 saturated heterocycles. The Hall–Kier alpha value is -1.02. The lowest BCUT2D eigenvalue weighted by Crippen LogP contribution is -2.28. The minimum Gasteiger partial charge on any atom is -0.412 e. The zero-order valence-electron chi connectivity index (χ0n) is 17.7. The molecule has 0 radical (unpaired) electrons. The Labute approximate surface area is 170 Å². The minimum absolute atomic E-state index is 0. The van der Waals surface area contributed by atoms with Gasteiger partial charge in [-0.05, 0) is 6.42 Å². The summed E-state index contributed by atoms with van der Waals surface area (Å²) >= 11 is 0. The smallest absolute Gasteiger partial charge is 0.345 e. The molecule has 7 heteroatoms. The molecule has 0 aromatic heterocycles. The van der Waals surface area contributed by atoms with E-state index in [-0.39, 0.29) is 17.4 Å². The Morgan fingerprint density at radius 2 is 1.07 bits per heavy atom. The molecule has 170 valence electrons. The summed E-state index contributed by atoms with van der Waals surface area (Å²) in [6, 6.07) is 0. The molecule has 0 aromatic carbocycles. The highest BCUT2D eigenvalue weighted by molar-refractivity contribution is 5.87. The molecule has 6 N–H and O–H groups in total.